The lowest BCUT2D eigenvalue weighted by Gasteiger charge is -2.58. The maximum Gasteiger partial charge on any atom is 0.324 e. The first-order chi connectivity index (χ1) is 20.5. The number of likely N-dealkylation sites (tertiary alicyclic amines) is 1. The van der Waals surface area contributed by atoms with Crippen LogP contribution < -0.4 is 25.0 Å². The molecule has 1 unspecified atom stereocenters. The second-order valence-corrected chi connectivity index (χ2v) is 11.8. The van der Waals surface area contributed by atoms with E-state index in [4.69, 9.17) is 14.5 Å². The van der Waals surface area contributed by atoms with Crippen LogP contribution in [0.1, 0.15) is 42.2 Å². The average molecular weight is 569 g/mol. The highest BCUT2D eigenvalue weighted by molar-refractivity contribution is 5.96. The SMILES string of the molecule is CCOc1ncccc1-c1ccc(OC2CC3(C2)CN(C(=O)N2CCc4ccccc42)C3)c(C(=O)NC2CCNC2)n1. The standard InChI is InChI=1S/C32H36N6O4/c1-2-41-30-24(7-5-13-34-30)25-9-10-27(28(36-25)29(39)35-22-11-14-33-18-22)42-23-16-32(17-23)19-37(20-32)31(40)38-15-12-21-6-3-4-8-26(21)38/h3-10,13,22-23,33H,2,11-12,14-20H2,1H3,(H,35,39). The molecule has 42 heavy (non-hydrogen) atoms. The predicted octanol–water partition coefficient (Wildman–Crippen LogP) is 3.66. The van der Waals surface area contributed by atoms with E-state index in [-0.39, 0.29) is 35.2 Å². The maximum absolute atomic E-state index is 13.5. The summed E-state index contributed by atoms with van der Waals surface area (Å²) in [6.45, 7) is 6.22. The van der Waals surface area contributed by atoms with Crippen LogP contribution in [0.4, 0.5) is 10.5 Å². The van der Waals surface area contributed by atoms with Crippen molar-refractivity contribution in [3.8, 4) is 22.9 Å². The zero-order valence-corrected chi connectivity index (χ0v) is 23.8. The predicted molar refractivity (Wildman–Crippen MR) is 158 cm³/mol. The zero-order chi connectivity index (χ0) is 28.7. The fourth-order valence-corrected chi connectivity index (χ4v) is 6.76. The summed E-state index contributed by atoms with van der Waals surface area (Å²) in [6, 6.07) is 15.7. The molecule has 10 nitrogen and oxygen atoms in total. The van der Waals surface area contributed by atoms with Gasteiger partial charge in [0.05, 0.1) is 17.9 Å². The van der Waals surface area contributed by atoms with Crippen molar-refractivity contribution in [2.24, 2.45) is 5.41 Å². The molecule has 7 rings (SSSR count). The molecule has 5 heterocycles. The number of nitrogens with zero attached hydrogens (tertiary/aromatic N) is 4. The number of fused-ring (bicyclic) bond motifs is 1. The highest BCUT2D eigenvalue weighted by Gasteiger charge is 2.55. The van der Waals surface area contributed by atoms with E-state index in [1.807, 2.05) is 59.2 Å². The third-order valence-electron chi connectivity index (χ3n) is 8.85. The van der Waals surface area contributed by atoms with Crippen molar-refractivity contribution in [3.63, 3.8) is 0 Å². The van der Waals surface area contributed by atoms with E-state index in [1.54, 1.807) is 6.20 Å². The van der Waals surface area contributed by atoms with Gasteiger partial charge >= 0.3 is 6.03 Å². The molecule has 2 saturated heterocycles. The largest absolute Gasteiger partial charge is 0.488 e. The second kappa shape index (κ2) is 10.9. The average Bonchev–Trinajstić information content (AvgIpc) is 3.64. The molecule has 1 spiro atoms. The first-order valence-electron chi connectivity index (χ1n) is 14.9. The molecule has 3 aromatic rings. The van der Waals surface area contributed by atoms with Crippen LogP contribution in [-0.2, 0) is 6.42 Å². The zero-order valence-electron chi connectivity index (χ0n) is 23.8. The molecular weight excluding hydrogens is 532 g/mol. The number of hydrogen-bond acceptors (Lipinski definition) is 7. The van der Waals surface area contributed by atoms with E-state index in [2.05, 4.69) is 21.7 Å². The monoisotopic (exact) mass is 568 g/mol. The minimum atomic E-state index is -0.247. The number of pyridine rings is 2. The van der Waals surface area contributed by atoms with Crippen LogP contribution in [0.3, 0.4) is 0 Å². The van der Waals surface area contributed by atoms with Crippen molar-refractivity contribution in [3.05, 3.63) is 66.0 Å². The molecule has 0 bridgehead atoms. The van der Waals surface area contributed by atoms with Gasteiger partial charge in [0.1, 0.15) is 6.10 Å². The second-order valence-electron chi connectivity index (χ2n) is 11.8. The van der Waals surface area contributed by atoms with E-state index < -0.39 is 0 Å². The van der Waals surface area contributed by atoms with Gasteiger partial charge < -0.3 is 25.0 Å². The third-order valence-corrected chi connectivity index (χ3v) is 8.85. The van der Waals surface area contributed by atoms with Gasteiger partial charge in [-0.2, -0.15) is 0 Å². The molecule has 1 aliphatic carbocycles. The van der Waals surface area contributed by atoms with Gasteiger partial charge in [-0.1, -0.05) is 18.2 Å². The number of para-hydroxylation sites is 1. The topological polar surface area (TPSA) is 109 Å². The Hall–Kier alpha value is -4.18. The Labute approximate surface area is 245 Å². The van der Waals surface area contributed by atoms with Gasteiger partial charge in [0, 0.05) is 49.5 Å². The van der Waals surface area contributed by atoms with Crippen LogP contribution in [0, 0.1) is 5.41 Å². The molecule has 3 amide bonds. The lowest BCUT2D eigenvalue weighted by molar-refractivity contribution is -0.0992. The van der Waals surface area contributed by atoms with E-state index >= 15 is 0 Å². The molecular formula is C32H36N6O4. The summed E-state index contributed by atoms with van der Waals surface area (Å²) >= 11 is 0. The van der Waals surface area contributed by atoms with Crippen LogP contribution in [0.2, 0.25) is 0 Å². The van der Waals surface area contributed by atoms with Crippen molar-refractivity contribution >= 4 is 17.6 Å². The van der Waals surface area contributed by atoms with Gasteiger partial charge in [0.15, 0.2) is 11.4 Å². The molecule has 10 heteroatoms. The normalized spacial score (nSPS) is 20.5. The van der Waals surface area contributed by atoms with Crippen molar-refractivity contribution in [2.75, 3.05) is 44.2 Å². The first kappa shape index (κ1) is 26.7. The first-order valence-corrected chi connectivity index (χ1v) is 14.9. The Balaban J connectivity index is 1.03. The van der Waals surface area contributed by atoms with E-state index in [0.717, 1.165) is 69.7 Å². The number of amides is 3. The number of benzene rings is 1. The molecule has 0 radical (unpaired) electrons. The Morgan fingerprint density at radius 2 is 1.98 bits per heavy atom. The van der Waals surface area contributed by atoms with E-state index in [1.165, 1.54) is 5.56 Å². The minimum absolute atomic E-state index is 0.0283. The number of hydrogen-bond donors (Lipinski definition) is 2. The Kier molecular flexibility index (Phi) is 6.93. The van der Waals surface area contributed by atoms with Crippen LogP contribution in [0.5, 0.6) is 11.6 Å². The van der Waals surface area contributed by atoms with Crippen molar-refractivity contribution in [1.29, 1.82) is 0 Å². The molecule has 4 aliphatic rings. The number of rotatable bonds is 7. The number of nitrogens with one attached hydrogen (secondary N) is 2. The number of urea groups is 1. The highest BCUT2D eigenvalue weighted by Crippen LogP contribution is 2.50. The molecule has 3 aliphatic heterocycles. The molecule has 3 fully saturated rings. The van der Waals surface area contributed by atoms with E-state index in [9.17, 15) is 9.59 Å². The van der Waals surface area contributed by atoms with E-state index in [0.29, 0.717) is 23.9 Å². The number of aromatic nitrogens is 2. The van der Waals surface area contributed by atoms with Crippen molar-refractivity contribution < 1.29 is 19.1 Å². The molecule has 1 aromatic carbocycles. The quantitative estimate of drug-likeness (QED) is 0.448. The number of carbonyl (C=O) groups excluding carboxylic acids is 2. The van der Waals surface area contributed by atoms with Gasteiger partial charge in [-0.25, -0.2) is 14.8 Å². The molecule has 1 atom stereocenters. The molecule has 2 N–H and O–H groups in total. The third kappa shape index (κ3) is 4.93. The summed E-state index contributed by atoms with van der Waals surface area (Å²) in [6.07, 6.45) is 5.13. The summed E-state index contributed by atoms with van der Waals surface area (Å²) in [5.74, 6) is 0.711. The van der Waals surface area contributed by atoms with Gasteiger partial charge in [0.25, 0.3) is 5.91 Å². The highest BCUT2D eigenvalue weighted by atomic mass is 16.5. The van der Waals surface area contributed by atoms with Crippen molar-refractivity contribution in [2.45, 2.75) is 44.8 Å². The van der Waals surface area contributed by atoms with Crippen LogP contribution in [0.15, 0.2) is 54.7 Å². The summed E-state index contributed by atoms with van der Waals surface area (Å²) in [5.41, 5.74) is 3.96. The Morgan fingerprint density at radius 1 is 1.12 bits per heavy atom. The number of anilines is 1. The van der Waals surface area contributed by atoms with Crippen molar-refractivity contribution in [1.82, 2.24) is 25.5 Å². The fourth-order valence-electron chi connectivity index (χ4n) is 6.76. The van der Waals surface area contributed by atoms with Gasteiger partial charge in [-0.15, -0.1) is 0 Å². The van der Waals surface area contributed by atoms with Crippen LogP contribution in [-0.4, -0.2) is 78.3 Å². The summed E-state index contributed by atoms with van der Waals surface area (Å²) in [4.78, 5) is 39.6. The number of carbonyl (C=O) groups is 2. The smallest absolute Gasteiger partial charge is 0.324 e. The summed E-state index contributed by atoms with van der Waals surface area (Å²) in [7, 11) is 0. The Morgan fingerprint density at radius 3 is 2.79 bits per heavy atom. The molecule has 218 valence electrons. The van der Waals surface area contributed by atoms with Gasteiger partial charge in [-0.05, 0) is 75.0 Å². The Bertz CT molecular complexity index is 1490. The minimum Gasteiger partial charge on any atom is -0.488 e. The maximum atomic E-state index is 13.5. The number of ether oxygens (including phenoxy) is 2. The summed E-state index contributed by atoms with van der Waals surface area (Å²) in [5, 5.41) is 6.40. The molecule has 2 aromatic heterocycles. The summed E-state index contributed by atoms with van der Waals surface area (Å²) < 4.78 is 12.1. The van der Waals surface area contributed by atoms with Gasteiger partial charge in [0.2, 0.25) is 5.88 Å². The lowest BCUT2D eigenvalue weighted by Crippen LogP contribution is -2.67. The van der Waals surface area contributed by atoms with Crippen LogP contribution >= 0.6 is 0 Å². The van der Waals surface area contributed by atoms with Crippen LogP contribution in [0.25, 0.3) is 11.3 Å². The fraction of sp³-hybridized carbons (Fsp3) is 0.438. The lowest BCUT2D eigenvalue weighted by atomic mass is 9.62. The molecule has 1 saturated carbocycles. The van der Waals surface area contributed by atoms with Gasteiger partial charge in [-0.3, -0.25) is 9.69 Å².